The molecule has 3 nitrogen and oxygen atoms in total. The van der Waals surface area contributed by atoms with Crippen LogP contribution in [0.4, 0.5) is 0 Å². The maximum Gasteiger partial charge on any atom is 0.220 e. The quantitative estimate of drug-likeness (QED) is 0.686. The first-order chi connectivity index (χ1) is 8.27. The lowest BCUT2D eigenvalue weighted by Crippen LogP contribution is -2.28. The summed E-state index contributed by atoms with van der Waals surface area (Å²) in [6, 6.07) is 0. The lowest BCUT2D eigenvalue weighted by molar-refractivity contribution is -0.121. The Labute approximate surface area is 112 Å². The first-order valence-electron chi connectivity index (χ1n) is 6.87. The van der Waals surface area contributed by atoms with Crippen LogP contribution < -0.4 is 11.1 Å². The monoisotopic (exact) mass is 254 g/mol. The summed E-state index contributed by atoms with van der Waals surface area (Å²) in [7, 11) is 0. The van der Waals surface area contributed by atoms with E-state index < -0.39 is 0 Å². The van der Waals surface area contributed by atoms with Crippen LogP contribution in [-0.4, -0.2) is 19.0 Å². The van der Waals surface area contributed by atoms with Gasteiger partial charge in [-0.1, -0.05) is 32.4 Å². The van der Waals surface area contributed by atoms with Crippen LogP contribution in [0, 0.1) is 11.3 Å². The summed E-state index contributed by atoms with van der Waals surface area (Å²) in [6.07, 6.45) is 4.53. The molecule has 0 saturated carbocycles. The molecule has 0 aromatic carbocycles. The second-order valence-corrected chi connectivity index (χ2v) is 6.26. The fraction of sp³-hybridized carbons (Fsp3) is 0.800. The summed E-state index contributed by atoms with van der Waals surface area (Å²) in [6.45, 7) is 12.0. The number of hydrogen-bond acceptors (Lipinski definition) is 2. The van der Waals surface area contributed by atoms with E-state index in [1.165, 1.54) is 5.57 Å². The van der Waals surface area contributed by atoms with E-state index in [1.807, 2.05) is 19.9 Å². The Hall–Kier alpha value is -0.830. The molecule has 0 aliphatic heterocycles. The van der Waals surface area contributed by atoms with Crippen LogP contribution in [-0.2, 0) is 4.79 Å². The summed E-state index contributed by atoms with van der Waals surface area (Å²) < 4.78 is 0. The molecule has 106 valence electrons. The van der Waals surface area contributed by atoms with Crippen molar-refractivity contribution in [3.8, 4) is 0 Å². The minimum atomic E-state index is 0.138. The molecule has 0 saturated heterocycles. The molecular formula is C15H30N2O. The van der Waals surface area contributed by atoms with E-state index in [0.717, 1.165) is 12.8 Å². The van der Waals surface area contributed by atoms with Gasteiger partial charge in [-0.25, -0.2) is 0 Å². The number of carbonyl (C=O) groups is 1. The molecule has 18 heavy (non-hydrogen) atoms. The van der Waals surface area contributed by atoms with Gasteiger partial charge in [0.1, 0.15) is 0 Å². The fourth-order valence-corrected chi connectivity index (χ4v) is 1.97. The summed E-state index contributed by atoms with van der Waals surface area (Å²) >= 11 is 0. The van der Waals surface area contributed by atoms with Gasteiger partial charge in [0.2, 0.25) is 5.91 Å². The molecule has 1 atom stereocenters. The number of rotatable bonds is 7. The normalized spacial score (nSPS) is 13.0. The second-order valence-electron chi connectivity index (χ2n) is 6.26. The number of allylic oxidation sites excluding steroid dienone is 1. The van der Waals surface area contributed by atoms with Crippen LogP contribution in [0.3, 0.4) is 0 Å². The molecule has 0 aliphatic rings. The highest BCUT2D eigenvalue weighted by Gasteiger charge is 2.24. The van der Waals surface area contributed by atoms with Crippen LogP contribution in [0.1, 0.15) is 53.9 Å². The molecule has 1 unspecified atom stereocenters. The highest BCUT2D eigenvalue weighted by molar-refractivity contribution is 5.76. The molecule has 0 fully saturated rings. The number of carbonyl (C=O) groups excluding carboxylic acids is 1. The second kappa shape index (κ2) is 8.30. The Morgan fingerprint density at radius 2 is 1.89 bits per heavy atom. The van der Waals surface area contributed by atoms with E-state index in [-0.39, 0.29) is 11.3 Å². The number of hydrogen-bond donors (Lipinski definition) is 2. The summed E-state index contributed by atoms with van der Waals surface area (Å²) in [5.74, 6) is 0.649. The van der Waals surface area contributed by atoms with E-state index in [4.69, 9.17) is 5.73 Å². The van der Waals surface area contributed by atoms with Crippen molar-refractivity contribution >= 4 is 5.91 Å². The average Bonchev–Trinajstić information content (AvgIpc) is 2.21. The molecule has 0 aliphatic carbocycles. The van der Waals surface area contributed by atoms with Crippen molar-refractivity contribution in [3.05, 3.63) is 11.6 Å². The molecule has 0 heterocycles. The fourth-order valence-electron chi connectivity index (χ4n) is 1.97. The van der Waals surface area contributed by atoms with Gasteiger partial charge in [0.05, 0.1) is 0 Å². The lowest BCUT2D eigenvalue weighted by Gasteiger charge is -2.30. The van der Waals surface area contributed by atoms with Crippen molar-refractivity contribution in [2.75, 3.05) is 13.1 Å². The minimum absolute atomic E-state index is 0.138. The van der Waals surface area contributed by atoms with Crippen LogP contribution in [0.25, 0.3) is 0 Å². The van der Waals surface area contributed by atoms with Crippen LogP contribution in [0.2, 0.25) is 0 Å². The van der Waals surface area contributed by atoms with Gasteiger partial charge in [-0.05, 0) is 44.6 Å². The predicted octanol–water partition coefficient (Wildman–Crippen LogP) is 2.86. The van der Waals surface area contributed by atoms with E-state index in [9.17, 15) is 4.79 Å². The van der Waals surface area contributed by atoms with Crippen LogP contribution >= 0.6 is 0 Å². The highest BCUT2D eigenvalue weighted by Crippen LogP contribution is 2.31. The maximum absolute atomic E-state index is 11.7. The van der Waals surface area contributed by atoms with E-state index in [0.29, 0.717) is 25.4 Å². The maximum atomic E-state index is 11.7. The van der Waals surface area contributed by atoms with Gasteiger partial charge in [0.25, 0.3) is 0 Å². The smallest absolute Gasteiger partial charge is 0.220 e. The number of nitrogens with two attached hydrogens (primary N) is 1. The largest absolute Gasteiger partial charge is 0.353 e. The Balaban J connectivity index is 4.04. The minimum Gasteiger partial charge on any atom is -0.353 e. The molecular weight excluding hydrogens is 224 g/mol. The van der Waals surface area contributed by atoms with Gasteiger partial charge < -0.3 is 11.1 Å². The van der Waals surface area contributed by atoms with Crippen molar-refractivity contribution in [1.29, 1.82) is 0 Å². The Morgan fingerprint density at radius 1 is 1.28 bits per heavy atom. The van der Waals surface area contributed by atoms with Gasteiger partial charge in [-0.15, -0.1) is 0 Å². The summed E-state index contributed by atoms with van der Waals surface area (Å²) in [4.78, 5) is 11.7. The van der Waals surface area contributed by atoms with Crippen molar-refractivity contribution < 1.29 is 4.79 Å². The molecule has 0 spiro atoms. The van der Waals surface area contributed by atoms with E-state index in [2.05, 4.69) is 26.1 Å². The number of nitrogens with one attached hydrogen (secondary N) is 1. The van der Waals surface area contributed by atoms with Gasteiger partial charge in [0, 0.05) is 13.0 Å². The van der Waals surface area contributed by atoms with Gasteiger partial charge in [-0.3, -0.25) is 4.79 Å². The Bertz CT molecular complexity index is 273. The predicted molar refractivity (Wildman–Crippen MR) is 78.3 cm³/mol. The highest BCUT2D eigenvalue weighted by atomic mass is 16.1. The molecule has 1 amide bonds. The lowest BCUT2D eigenvalue weighted by atomic mass is 9.76. The SMILES string of the molecule is CC(C)=CCNC(=O)CCC(CCN)C(C)(C)C. The van der Waals surface area contributed by atoms with Crippen molar-refractivity contribution in [2.45, 2.75) is 53.9 Å². The zero-order chi connectivity index (χ0) is 14.2. The molecule has 0 aromatic rings. The molecule has 0 rings (SSSR count). The van der Waals surface area contributed by atoms with E-state index in [1.54, 1.807) is 0 Å². The summed E-state index contributed by atoms with van der Waals surface area (Å²) in [5, 5.41) is 2.92. The third-order valence-electron chi connectivity index (χ3n) is 3.27. The molecule has 0 bridgehead atoms. The van der Waals surface area contributed by atoms with Crippen molar-refractivity contribution in [2.24, 2.45) is 17.1 Å². The molecule has 0 radical (unpaired) electrons. The third kappa shape index (κ3) is 8.29. The zero-order valence-electron chi connectivity index (χ0n) is 12.7. The van der Waals surface area contributed by atoms with Gasteiger partial charge >= 0.3 is 0 Å². The molecule has 3 N–H and O–H groups in total. The zero-order valence-corrected chi connectivity index (χ0v) is 12.7. The number of amides is 1. The first kappa shape index (κ1) is 17.2. The van der Waals surface area contributed by atoms with Crippen molar-refractivity contribution in [1.82, 2.24) is 5.32 Å². The third-order valence-corrected chi connectivity index (χ3v) is 3.27. The van der Waals surface area contributed by atoms with Crippen molar-refractivity contribution in [3.63, 3.8) is 0 Å². The van der Waals surface area contributed by atoms with E-state index >= 15 is 0 Å². The van der Waals surface area contributed by atoms with Crippen LogP contribution in [0.5, 0.6) is 0 Å². The van der Waals surface area contributed by atoms with Crippen LogP contribution in [0.15, 0.2) is 11.6 Å². The first-order valence-corrected chi connectivity index (χ1v) is 6.87. The molecule has 3 heteroatoms. The average molecular weight is 254 g/mol. The Morgan fingerprint density at radius 3 is 2.33 bits per heavy atom. The topological polar surface area (TPSA) is 55.1 Å². The standard InChI is InChI=1S/C15H30N2O/c1-12(2)9-11-17-14(18)7-6-13(8-10-16)15(3,4)5/h9,13H,6-8,10-11,16H2,1-5H3,(H,17,18). The van der Waals surface area contributed by atoms with Gasteiger partial charge in [-0.2, -0.15) is 0 Å². The Kier molecular flexibility index (Phi) is 7.92. The summed E-state index contributed by atoms with van der Waals surface area (Å²) in [5.41, 5.74) is 7.09. The van der Waals surface area contributed by atoms with Gasteiger partial charge in [0.15, 0.2) is 0 Å². The molecule has 0 aromatic heterocycles.